The molecule has 17 heavy (non-hydrogen) atoms. The summed E-state index contributed by atoms with van der Waals surface area (Å²) in [6.45, 7) is -2.85. The number of nitriles is 1. The highest BCUT2D eigenvalue weighted by Gasteiger charge is 2.10. The minimum Gasteiger partial charge on any atom is -0.434 e. The number of ether oxygens (including phenoxy) is 1. The Kier molecular flexibility index (Phi) is 3.20. The van der Waals surface area contributed by atoms with Crippen LogP contribution in [0.15, 0.2) is 36.4 Å². The summed E-state index contributed by atoms with van der Waals surface area (Å²) in [6.07, 6.45) is 0.246. The monoisotopic (exact) mass is 233 g/mol. The van der Waals surface area contributed by atoms with Crippen LogP contribution in [-0.2, 0) is 6.42 Å². The van der Waals surface area contributed by atoms with Gasteiger partial charge >= 0.3 is 6.61 Å². The number of nitrogens with zero attached hydrogens (tertiary/aromatic N) is 1. The van der Waals surface area contributed by atoms with Gasteiger partial charge in [-0.25, -0.2) is 0 Å². The molecular weight excluding hydrogens is 224 g/mol. The summed E-state index contributed by atoms with van der Waals surface area (Å²) in [4.78, 5) is 0. The molecule has 0 saturated carbocycles. The second-order valence-corrected chi connectivity index (χ2v) is 3.48. The van der Waals surface area contributed by atoms with Gasteiger partial charge in [0.15, 0.2) is 0 Å². The first-order valence-corrected chi connectivity index (χ1v) is 5.05. The predicted octanol–water partition coefficient (Wildman–Crippen LogP) is 3.51. The molecule has 0 heterocycles. The van der Waals surface area contributed by atoms with Crippen LogP contribution in [0.4, 0.5) is 8.78 Å². The van der Waals surface area contributed by atoms with Crippen molar-refractivity contribution in [2.75, 3.05) is 0 Å². The summed E-state index contributed by atoms with van der Waals surface area (Å²) >= 11 is 0. The van der Waals surface area contributed by atoms with Crippen molar-refractivity contribution in [1.82, 2.24) is 0 Å². The van der Waals surface area contributed by atoms with Crippen molar-refractivity contribution in [1.29, 1.82) is 5.26 Å². The first-order valence-electron chi connectivity index (χ1n) is 5.05. The van der Waals surface area contributed by atoms with Crippen molar-refractivity contribution < 1.29 is 13.5 Å². The second kappa shape index (κ2) is 4.79. The Hall–Kier alpha value is -2.15. The lowest BCUT2D eigenvalue weighted by molar-refractivity contribution is -0.0488. The van der Waals surface area contributed by atoms with Crippen LogP contribution in [0.25, 0.3) is 10.8 Å². The minimum absolute atomic E-state index is 0.136. The fraction of sp³-hybridized carbons (Fsp3) is 0.154. The van der Waals surface area contributed by atoms with Crippen LogP contribution < -0.4 is 4.74 Å². The molecule has 86 valence electrons. The number of hydrogen-bond donors (Lipinski definition) is 0. The summed E-state index contributed by atoms with van der Waals surface area (Å²) < 4.78 is 28.9. The maximum Gasteiger partial charge on any atom is 0.387 e. The van der Waals surface area contributed by atoms with Crippen LogP contribution in [0.2, 0.25) is 0 Å². The SMILES string of the molecule is N#CCc1ccc(OC(F)F)c2ccccc12. The molecule has 2 rings (SSSR count). The van der Waals surface area contributed by atoms with Crippen molar-refractivity contribution in [3.8, 4) is 11.8 Å². The van der Waals surface area contributed by atoms with Gasteiger partial charge in [-0.1, -0.05) is 30.3 Å². The van der Waals surface area contributed by atoms with Gasteiger partial charge in [0.2, 0.25) is 0 Å². The van der Waals surface area contributed by atoms with E-state index in [1.807, 2.05) is 6.07 Å². The van der Waals surface area contributed by atoms with Crippen molar-refractivity contribution in [2.45, 2.75) is 13.0 Å². The second-order valence-electron chi connectivity index (χ2n) is 3.48. The van der Waals surface area contributed by atoms with E-state index in [2.05, 4.69) is 4.74 Å². The summed E-state index contributed by atoms with van der Waals surface area (Å²) in [7, 11) is 0. The van der Waals surface area contributed by atoms with Crippen LogP contribution in [0.5, 0.6) is 5.75 Å². The first-order chi connectivity index (χ1) is 8.22. The molecular formula is C13H9F2NO. The third-order valence-corrected chi connectivity index (χ3v) is 2.46. The molecule has 0 spiro atoms. The highest BCUT2D eigenvalue weighted by molar-refractivity contribution is 5.91. The van der Waals surface area contributed by atoms with Crippen LogP contribution in [0.3, 0.4) is 0 Å². The Balaban J connectivity index is 2.58. The topological polar surface area (TPSA) is 33.0 Å². The van der Waals surface area contributed by atoms with Crippen molar-refractivity contribution >= 4 is 10.8 Å². The minimum atomic E-state index is -2.85. The lowest BCUT2D eigenvalue weighted by Gasteiger charge is -2.10. The molecule has 4 heteroatoms. The van der Waals surface area contributed by atoms with E-state index in [0.717, 1.165) is 10.9 Å². The van der Waals surface area contributed by atoms with Crippen LogP contribution in [0.1, 0.15) is 5.56 Å². The molecule has 0 unspecified atom stereocenters. The Bertz CT molecular complexity index is 575. The maximum atomic E-state index is 12.2. The van der Waals surface area contributed by atoms with E-state index < -0.39 is 6.61 Å². The molecule has 0 aromatic heterocycles. The van der Waals surface area contributed by atoms with Gasteiger partial charge in [-0.05, 0) is 17.0 Å². The largest absolute Gasteiger partial charge is 0.434 e. The zero-order valence-corrected chi connectivity index (χ0v) is 8.86. The zero-order chi connectivity index (χ0) is 12.3. The molecule has 0 amide bonds. The molecule has 0 saturated heterocycles. The summed E-state index contributed by atoms with van der Waals surface area (Å²) in [5.41, 5.74) is 0.810. The van der Waals surface area contributed by atoms with Gasteiger partial charge in [0.25, 0.3) is 0 Å². The molecule has 0 aliphatic rings. The van der Waals surface area contributed by atoms with Crippen molar-refractivity contribution in [3.63, 3.8) is 0 Å². The summed E-state index contributed by atoms with van der Waals surface area (Å²) in [5.74, 6) is 0.136. The number of benzene rings is 2. The molecule has 0 radical (unpaired) electrons. The zero-order valence-electron chi connectivity index (χ0n) is 8.86. The van der Waals surface area contributed by atoms with E-state index in [1.165, 1.54) is 6.07 Å². The van der Waals surface area contributed by atoms with E-state index in [4.69, 9.17) is 5.26 Å². The van der Waals surface area contributed by atoms with Crippen LogP contribution >= 0.6 is 0 Å². The van der Waals surface area contributed by atoms with Gasteiger partial charge in [0.1, 0.15) is 5.75 Å². The lowest BCUT2D eigenvalue weighted by atomic mass is 10.0. The van der Waals surface area contributed by atoms with Crippen LogP contribution in [-0.4, -0.2) is 6.61 Å². The summed E-state index contributed by atoms with van der Waals surface area (Å²) in [5, 5.41) is 10.1. The fourth-order valence-electron chi connectivity index (χ4n) is 1.77. The molecule has 2 nitrogen and oxygen atoms in total. The highest BCUT2D eigenvalue weighted by Crippen LogP contribution is 2.29. The predicted molar refractivity (Wildman–Crippen MR) is 59.9 cm³/mol. The number of rotatable bonds is 3. The van der Waals surface area contributed by atoms with E-state index >= 15 is 0 Å². The molecule has 0 atom stereocenters. The van der Waals surface area contributed by atoms with Gasteiger partial charge in [0.05, 0.1) is 12.5 Å². The van der Waals surface area contributed by atoms with Gasteiger partial charge < -0.3 is 4.74 Å². The van der Waals surface area contributed by atoms with E-state index in [1.54, 1.807) is 30.3 Å². The van der Waals surface area contributed by atoms with E-state index in [0.29, 0.717) is 5.39 Å². The molecule has 0 aliphatic heterocycles. The molecule has 0 fully saturated rings. The Morgan fingerprint density at radius 1 is 1.12 bits per heavy atom. The summed E-state index contributed by atoms with van der Waals surface area (Å²) in [6, 6.07) is 12.2. The average Bonchev–Trinajstić information content (AvgIpc) is 2.32. The highest BCUT2D eigenvalue weighted by atomic mass is 19.3. The molecule has 2 aromatic carbocycles. The molecule has 0 N–H and O–H groups in total. The lowest BCUT2D eigenvalue weighted by Crippen LogP contribution is -2.02. The number of fused-ring (bicyclic) bond motifs is 1. The third kappa shape index (κ3) is 2.34. The van der Waals surface area contributed by atoms with E-state index in [9.17, 15) is 8.78 Å². The van der Waals surface area contributed by atoms with Gasteiger partial charge in [-0.2, -0.15) is 14.0 Å². The molecule has 2 aromatic rings. The number of hydrogen-bond acceptors (Lipinski definition) is 2. The van der Waals surface area contributed by atoms with Gasteiger partial charge in [0, 0.05) is 5.39 Å². The molecule has 0 bridgehead atoms. The Morgan fingerprint density at radius 3 is 2.47 bits per heavy atom. The third-order valence-electron chi connectivity index (χ3n) is 2.46. The van der Waals surface area contributed by atoms with Crippen molar-refractivity contribution in [3.05, 3.63) is 42.0 Å². The quantitative estimate of drug-likeness (QED) is 0.812. The van der Waals surface area contributed by atoms with Crippen molar-refractivity contribution in [2.24, 2.45) is 0 Å². The smallest absolute Gasteiger partial charge is 0.387 e. The standard InChI is InChI=1S/C13H9F2NO/c14-13(15)17-12-6-5-9(7-8-16)10-3-1-2-4-11(10)12/h1-6,13H,7H2. The average molecular weight is 233 g/mol. The van der Waals surface area contributed by atoms with Crippen LogP contribution in [0, 0.1) is 11.3 Å². The normalized spacial score (nSPS) is 10.5. The first kappa shape index (κ1) is 11.3. The van der Waals surface area contributed by atoms with Gasteiger partial charge in [-0.3, -0.25) is 0 Å². The number of alkyl halides is 2. The van der Waals surface area contributed by atoms with E-state index in [-0.39, 0.29) is 12.2 Å². The Labute approximate surface area is 97.0 Å². The van der Waals surface area contributed by atoms with Gasteiger partial charge in [-0.15, -0.1) is 0 Å². The fourth-order valence-corrected chi connectivity index (χ4v) is 1.77. The maximum absolute atomic E-state index is 12.2. The molecule has 0 aliphatic carbocycles. The Morgan fingerprint density at radius 2 is 1.82 bits per heavy atom. The number of halogens is 2.